The summed E-state index contributed by atoms with van der Waals surface area (Å²) in [6.07, 6.45) is 4.83. The molecule has 1 N–H and O–H groups in total. The first-order chi connectivity index (χ1) is 9.74. The van der Waals surface area contributed by atoms with E-state index in [0.29, 0.717) is 0 Å². The van der Waals surface area contributed by atoms with E-state index in [9.17, 15) is 4.79 Å². The number of rotatable bonds is 3. The van der Waals surface area contributed by atoms with Gasteiger partial charge in [0.15, 0.2) is 0 Å². The Bertz CT molecular complexity index is 484. The minimum absolute atomic E-state index is 0.0764. The van der Waals surface area contributed by atoms with Crippen molar-refractivity contribution in [3.63, 3.8) is 0 Å². The largest absolute Gasteiger partial charge is 0.474 e. The van der Waals surface area contributed by atoms with Crippen molar-refractivity contribution in [1.82, 2.24) is 15.2 Å². The summed E-state index contributed by atoms with van der Waals surface area (Å²) >= 11 is 0. The highest BCUT2D eigenvalue weighted by Gasteiger charge is 2.33. The molecule has 1 unspecified atom stereocenters. The molecule has 0 aliphatic carbocycles. The van der Waals surface area contributed by atoms with E-state index in [4.69, 9.17) is 4.74 Å². The van der Waals surface area contributed by atoms with Crippen molar-refractivity contribution in [3.05, 3.63) is 23.9 Å². The van der Waals surface area contributed by atoms with Crippen LogP contribution in [0.1, 0.15) is 24.8 Å². The molecule has 0 aromatic carbocycles. The summed E-state index contributed by atoms with van der Waals surface area (Å²) in [7, 11) is 0. The van der Waals surface area contributed by atoms with E-state index in [1.165, 1.54) is 0 Å². The number of aromatic nitrogens is 1. The number of carbonyl (C=O) groups is 1. The quantitative estimate of drug-likeness (QED) is 0.898. The number of aryl methyl sites for hydroxylation is 1. The molecular weight excluding hydrogens is 254 g/mol. The molecule has 108 valence electrons. The maximum absolute atomic E-state index is 11.7. The predicted octanol–water partition coefficient (Wildman–Crippen LogP) is 1.12. The number of likely N-dealkylation sites (tertiary alicyclic amines) is 1. The van der Waals surface area contributed by atoms with Crippen molar-refractivity contribution in [2.24, 2.45) is 0 Å². The van der Waals surface area contributed by atoms with E-state index >= 15 is 0 Å². The van der Waals surface area contributed by atoms with Crippen LogP contribution >= 0.6 is 0 Å². The highest BCUT2D eigenvalue weighted by atomic mass is 16.5. The Labute approximate surface area is 119 Å². The highest BCUT2D eigenvalue weighted by molar-refractivity contribution is 5.83. The fraction of sp³-hybridized carbons (Fsp3) is 0.600. The molecule has 0 bridgehead atoms. The van der Waals surface area contributed by atoms with Gasteiger partial charge < -0.3 is 10.1 Å². The second-order valence-corrected chi connectivity index (χ2v) is 5.57. The molecule has 5 heteroatoms. The molecule has 1 amide bonds. The fourth-order valence-corrected chi connectivity index (χ4v) is 2.99. The molecular formula is C15H21N3O2. The van der Waals surface area contributed by atoms with Crippen molar-refractivity contribution in [3.8, 4) is 5.88 Å². The summed E-state index contributed by atoms with van der Waals surface area (Å²) in [6, 6.07) is 4.01. The lowest BCUT2D eigenvalue weighted by molar-refractivity contribution is -0.124. The molecule has 2 saturated heterocycles. The van der Waals surface area contributed by atoms with Gasteiger partial charge in [0, 0.05) is 31.4 Å². The number of hydrogen-bond donors (Lipinski definition) is 1. The van der Waals surface area contributed by atoms with Crippen LogP contribution in [-0.2, 0) is 4.79 Å². The van der Waals surface area contributed by atoms with E-state index in [1.807, 2.05) is 19.1 Å². The van der Waals surface area contributed by atoms with E-state index in [0.717, 1.165) is 50.3 Å². The Kier molecular flexibility index (Phi) is 3.87. The minimum atomic E-state index is 0.0764. The van der Waals surface area contributed by atoms with E-state index in [1.54, 1.807) is 6.20 Å². The number of pyridine rings is 1. The molecule has 20 heavy (non-hydrogen) atoms. The van der Waals surface area contributed by atoms with Gasteiger partial charge in [-0.3, -0.25) is 9.69 Å². The van der Waals surface area contributed by atoms with E-state index < -0.39 is 0 Å². The summed E-state index contributed by atoms with van der Waals surface area (Å²) in [4.78, 5) is 18.3. The molecule has 0 radical (unpaired) electrons. The SMILES string of the molecule is Cc1cccnc1OC1CCN(C2CCNC2=O)CC1. The van der Waals surface area contributed by atoms with Crippen molar-refractivity contribution in [1.29, 1.82) is 0 Å². The first-order valence-electron chi connectivity index (χ1n) is 7.34. The van der Waals surface area contributed by atoms with Gasteiger partial charge >= 0.3 is 0 Å². The highest BCUT2D eigenvalue weighted by Crippen LogP contribution is 2.22. The summed E-state index contributed by atoms with van der Waals surface area (Å²) in [5.74, 6) is 0.925. The molecule has 2 aliphatic heterocycles. The predicted molar refractivity (Wildman–Crippen MR) is 75.6 cm³/mol. The Morgan fingerprint density at radius 3 is 2.80 bits per heavy atom. The molecule has 3 rings (SSSR count). The van der Waals surface area contributed by atoms with Crippen LogP contribution < -0.4 is 10.1 Å². The Morgan fingerprint density at radius 1 is 1.35 bits per heavy atom. The van der Waals surface area contributed by atoms with E-state index in [-0.39, 0.29) is 18.1 Å². The molecule has 1 aromatic rings. The third kappa shape index (κ3) is 2.77. The Hall–Kier alpha value is -1.62. The molecule has 5 nitrogen and oxygen atoms in total. The number of carbonyl (C=O) groups excluding carboxylic acids is 1. The third-order valence-corrected chi connectivity index (χ3v) is 4.18. The third-order valence-electron chi connectivity index (χ3n) is 4.18. The zero-order valence-electron chi connectivity index (χ0n) is 11.8. The molecule has 3 heterocycles. The smallest absolute Gasteiger partial charge is 0.237 e. The van der Waals surface area contributed by atoms with Crippen LogP contribution in [-0.4, -0.2) is 47.6 Å². The number of nitrogens with one attached hydrogen (secondary N) is 1. The standard InChI is InChI=1S/C15H21N3O2/c1-11-3-2-7-17-15(11)20-12-5-9-18(10-6-12)13-4-8-16-14(13)19/h2-3,7,12-13H,4-6,8-10H2,1H3,(H,16,19). The average Bonchev–Trinajstić information content (AvgIpc) is 2.89. The molecule has 1 aromatic heterocycles. The average molecular weight is 275 g/mol. The molecule has 2 aliphatic rings. The van der Waals surface area contributed by atoms with Crippen molar-refractivity contribution >= 4 is 5.91 Å². The number of amides is 1. The normalized spacial score (nSPS) is 24.6. The number of nitrogens with zero attached hydrogens (tertiary/aromatic N) is 2. The lowest BCUT2D eigenvalue weighted by atomic mass is 10.0. The lowest BCUT2D eigenvalue weighted by Gasteiger charge is -2.34. The first kappa shape index (κ1) is 13.4. The Balaban J connectivity index is 1.54. The summed E-state index contributed by atoms with van der Waals surface area (Å²) in [5, 5.41) is 2.90. The fourth-order valence-electron chi connectivity index (χ4n) is 2.99. The van der Waals surface area contributed by atoms with Gasteiger partial charge in [-0.05, 0) is 32.3 Å². The topological polar surface area (TPSA) is 54.5 Å². The van der Waals surface area contributed by atoms with Gasteiger partial charge in [0.25, 0.3) is 0 Å². The monoisotopic (exact) mass is 275 g/mol. The minimum Gasteiger partial charge on any atom is -0.474 e. The van der Waals surface area contributed by atoms with Gasteiger partial charge in [0.1, 0.15) is 6.10 Å². The van der Waals surface area contributed by atoms with Gasteiger partial charge in [-0.15, -0.1) is 0 Å². The van der Waals surface area contributed by atoms with Gasteiger partial charge in [0.05, 0.1) is 6.04 Å². The Morgan fingerprint density at radius 2 is 2.15 bits per heavy atom. The van der Waals surface area contributed by atoms with E-state index in [2.05, 4.69) is 15.2 Å². The summed E-state index contributed by atoms with van der Waals surface area (Å²) in [6.45, 7) is 4.68. The molecule has 1 atom stereocenters. The molecule has 2 fully saturated rings. The zero-order chi connectivity index (χ0) is 13.9. The van der Waals surface area contributed by atoms with Gasteiger partial charge in [-0.2, -0.15) is 0 Å². The van der Waals surface area contributed by atoms with Crippen molar-refractivity contribution in [2.75, 3.05) is 19.6 Å². The first-order valence-corrected chi connectivity index (χ1v) is 7.34. The number of piperidine rings is 1. The molecule has 0 saturated carbocycles. The van der Waals surface area contributed by atoms with Gasteiger partial charge in [-0.25, -0.2) is 4.98 Å². The van der Waals surface area contributed by atoms with Crippen molar-refractivity contribution < 1.29 is 9.53 Å². The molecule has 0 spiro atoms. The van der Waals surface area contributed by atoms with Crippen LogP contribution in [0, 0.1) is 6.92 Å². The van der Waals surface area contributed by atoms with Crippen LogP contribution in [0.2, 0.25) is 0 Å². The van der Waals surface area contributed by atoms with Gasteiger partial charge in [0.2, 0.25) is 11.8 Å². The van der Waals surface area contributed by atoms with Gasteiger partial charge in [-0.1, -0.05) is 6.07 Å². The maximum atomic E-state index is 11.7. The maximum Gasteiger partial charge on any atom is 0.237 e. The summed E-state index contributed by atoms with van der Waals surface area (Å²) < 4.78 is 5.99. The second-order valence-electron chi connectivity index (χ2n) is 5.57. The van der Waals surface area contributed by atoms with Crippen LogP contribution in [0.3, 0.4) is 0 Å². The number of ether oxygens (including phenoxy) is 1. The lowest BCUT2D eigenvalue weighted by Crippen LogP contribution is -2.47. The number of hydrogen-bond acceptors (Lipinski definition) is 4. The van der Waals surface area contributed by atoms with Crippen LogP contribution in [0.25, 0.3) is 0 Å². The van der Waals surface area contributed by atoms with Crippen LogP contribution in [0.4, 0.5) is 0 Å². The van der Waals surface area contributed by atoms with Crippen LogP contribution in [0.5, 0.6) is 5.88 Å². The zero-order valence-corrected chi connectivity index (χ0v) is 11.8. The summed E-state index contributed by atoms with van der Waals surface area (Å²) in [5.41, 5.74) is 1.07. The second kappa shape index (κ2) is 5.79. The van der Waals surface area contributed by atoms with Crippen molar-refractivity contribution in [2.45, 2.75) is 38.3 Å². The van der Waals surface area contributed by atoms with Crippen LogP contribution in [0.15, 0.2) is 18.3 Å².